The van der Waals surface area contributed by atoms with E-state index >= 15 is 0 Å². The second kappa shape index (κ2) is 8.39. The van der Waals surface area contributed by atoms with Crippen LogP contribution in [0.4, 0.5) is 5.69 Å². The third-order valence-corrected chi connectivity index (χ3v) is 3.72. The molecule has 0 unspecified atom stereocenters. The molecule has 0 aromatic heterocycles. The van der Waals surface area contributed by atoms with Gasteiger partial charge in [-0.25, -0.2) is 5.53 Å². The Hall–Kier alpha value is -4.00. The number of hydrogen-bond acceptors (Lipinski definition) is 5. The predicted molar refractivity (Wildman–Crippen MR) is 103 cm³/mol. The summed E-state index contributed by atoms with van der Waals surface area (Å²) < 4.78 is 5.72. The Morgan fingerprint density at radius 3 is 2.04 bits per heavy atom. The number of nitrogens with two attached hydrogens (primary N) is 1. The van der Waals surface area contributed by atoms with Crippen LogP contribution in [0.2, 0.25) is 0 Å². The van der Waals surface area contributed by atoms with E-state index in [0.29, 0.717) is 22.6 Å². The second-order valence-electron chi connectivity index (χ2n) is 5.54. The monoisotopic (exact) mass is 359 g/mol. The van der Waals surface area contributed by atoms with Crippen molar-refractivity contribution in [2.24, 2.45) is 16.1 Å². The predicted octanol–water partition coefficient (Wildman–Crippen LogP) is 4.38. The molecule has 7 nitrogen and oxygen atoms in total. The SMILES string of the molecule is N=N/C(=N\N)c1ccc(C(=O)Nc2ccc(Oc3ccccc3)cc2)cc1. The van der Waals surface area contributed by atoms with Crippen LogP contribution < -0.4 is 15.9 Å². The Morgan fingerprint density at radius 2 is 1.44 bits per heavy atom. The van der Waals surface area contributed by atoms with Gasteiger partial charge < -0.3 is 15.9 Å². The number of carbonyl (C=O) groups excluding carboxylic acids is 1. The van der Waals surface area contributed by atoms with Gasteiger partial charge in [-0.05, 0) is 48.5 Å². The first-order valence-corrected chi connectivity index (χ1v) is 8.09. The third-order valence-electron chi connectivity index (χ3n) is 3.72. The van der Waals surface area contributed by atoms with Crippen molar-refractivity contribution in [1.29, 1.82) is 5.53 Å². The quantitative estimate of drug-likeness (QED) is 0.206. The first-order chi connectivity index (χ1) is 13.2. The maximum atomic E-state index is 12.4. The molecule has 0 radical (unpaired) electrons. The Labute approximate surface area is 156 Å². The van der Waals surface area contributed by atoms with Crippen LogP contribution in [0.25, 0.3) is 0 Å². The fourth-order valence-electron chi connectivity index (χ4n) is 2.37. The van der Waals surface area contributed by atoms with Crippen molar-refractivity contribution in [1.82, 2.24) is 0 Å². The molecule has 0 aliphatic carbocycles. The van der Waals surface area contributed by atoms with E-state index in [1.807, 2.05) is 30.3 Å². The standard InChI is InChI=1S/C20H17N5O2/c21-24-19(25-22)14-6-8-15(9-7-14)20(26)23-16-10-12-18(13-11-16)27-17-4-2-1-3-5-17/h1-13,21H,22H2,(H,23,26)/b24-21?,25-19-. The zero-order chi connectivity index (χ0) is 19.1. The van der Waals surface area contributed by atoms with Gasteiger partial charge >= 0.3 is 0 Å². The van der Waals surface area contributed by atoms with E-state index in [2.05, 4.69) is 15.5 Å². The van der Waals surface area contributed by atoms with Crippen LogP contribution in [-0.2, 0) is 0 Å². The largest absolute Gasteiger partial charge is 0.457 e. The van der Waals surface area contributed by atoms with E-state index in [4.69, 9.17) is 16.1 Å². The van der Waals surface area contributed by atoms with E-state index in [-0.39, 0.29) is 11.7 Å². The fraction of sp³-hybridized carbons (Fsp3) is 0. The summed E-state index contributed by atoms with van der Waals surface area (Å²) in [7, 11) is 0. The summed E-state index contributed by atoms with van der Waals surface area (Å²) in [6.45, 7) is 0. The summed E-state index contributed by atoms with van der Waals surface area (Å²) in [5.74, 6) is 6.42. The van der Waals surface area contributed by atoms with Gasteiger partial charge in [0.05, 0.1) is 0 Å². The molecule has 7 heteroatoms. The van der Waals surface area contributed by atoms with Gasteiger partial charge in [-0.15, -0.1) is 5.11 Å². The van der Waals surface area contributed by atoms with Crippen molar-refractivity contribution < 1.29 is 9.53 Å². The lowest BCUT2D eigenvalue weighted by molar-refractivity contribution is 0.102. The molecule has 0 saturated heterocycles. The highest BCUT2D eigenvalue weighted by atomic mass is 16.5. The van der Waals surface area contributed by atoms with Crippen molar-refractivity contribution in [3.8, 4) is 11.5 Å². The lowest BCUT2D eigenvalue weighted by atomic mass is 10.1. The van der Waals surface area contributed by atoms with E-state index in [9.17, 15) is 4.79 Å². The highest BCUT2D eigenvalue weighted by Crippen LogP contribution is 2.23. The summed E-state index contributed by atoms with van der Waals surface area (Å²) in [6, 6.07) is 23.1. The van der Waals surface area contributed by atoms with Crippen molar-refractivity contribution >= 4 is 17.4 Å². The van der Waals surface area contributed by atoms with Gasteiger partial charge in [-0.1, -0.05) is 30.3 Å². The van der Waals surface area contributed by atoms with Gasteiger partial charge in [-0.3, -0.25) is 4.79 Å². The molecule has 27 heavy (non-hydrogen) atoms. The van der Waals surface area contributed by atoms with E-state index < -0.39 is 0 Å². The van der Waals surface area contributed by atoms with Crippen LogP contribution in [0.5, 0.6) is 11.5 Å². The molecule has 3 rings (SSSR count). The van der Waals surface area contributed by atoms with Crippen molar-refractivity contribution in [2.45, 2.75) is 0 Å². The number of anilines is 1. The number of amidine groups is 1. The zero-order valence-corrected chi connectivity index (χ0v) is 14.3. The normalized spacial score (nSPS) is 10.9. The van der Waals surface area contributed by atoms with Gasteiger partial charge in [0.1, 0.15) is 11.5 Å². The molecule has 0 fully saturated rings. The minimum Gasteiger partial charge on any atom is -0.457 e. The first-order valence-electron chi connectivity index (χ1n) is 8.09. The minimum atomic E-state index is -0.257. The average molecular weight is 359 g/mol. The Balaban J connectivity index is 1.64. The Kier molecular flexibility index (Phi) is 5.54. The smallest absolute Gasteiger partial charge is 0.255 e. The van der Waals surface area contributed by atoms with Gasteiger partial charge in [-0.2, -0.15) is 5.10 Å². The molecule has 0 atom stereocenters. The Bertz CT molecular complexity index is 952. The molecule has 0 spiro atoms. The van der Waals surface area contributed by atoms with Crippen LogP contribution in [0, 0.1) is 5.53 Å². The molecule has 0 aliphatic rings. The highest BCUT2D eigenvalue weighted by Gasteiger charge is 2.08. The van der Waals surface area contributed by atoms with Gasteiger partial charge in [0.2, 0.25) is 0 Å². The highest BCUT2D eigenvalue weighted by molar-refractivity contribution is 6.05. The molecule has 0 heterocycles. The number of hydrazone groups is 1. The first kappa shape index (κ1) is 17.8. The molecular formula is C20H17N5O2. The molecule has 4 N–H and O–H groups in total. The number of para-hydroxylation sites is 1. The van der Waals surface area contributed by atoms with E-state index in [1.165, 1.54) is 0 Å². The summed E-state index contributed by atoms with van der Waals surface area (Å²) in [5, 5.41) is 9.44. The van der Waals surface area contributed by atoms with E-state index in [1.54, 1.807) is 48.5 Å². The van der Waals surface area contributed by atoms with Crippen molar-refractivity contribution in [3.63, 3.8) is 0 Å². The molecule has 134 valence electrons. The third kappa shape index (κ3) is 4.55. The topological polar surface area (TPSA) is 113 Å². The fourth-order valence-corrected chi connectivity index (χ4v) is 2.37. The molecule has 3 aromatic rings. The number of carbonyl (C=O) groups is 1. The van der Waals surface area contributed by atoms with E-state index in [0.717, 1.165) is 5.75 Å². The maximum absolute atomic E-state index is 12.4. The number of hydrogen-bond donors (Lipinski definition) is 3. The molecule has 3 aromatic carbocycles. The van der Waals surface area contributed by atoms with Gasteiger partial charge in [0.25, 0.3) is 5.91 Å². The number of amides is 1. The average Bonchev–Trinajstić information content (AvgIpc) is 2.72. The molecule has 0 aliphatic heterocycles. The van der Waals surface area contributed by atoms with Crippen molar-refractivity contribution in [2.75, 3.05) is 5.32 Å². The summed E-state index contributed by atoms with van der Waals surface area (Å²) >= 11 is 0. The lowest BCUT2D eigenvalue weighted by Gasteiger charge is -2.08. The second-order valence-corrected chi connectivity index (χ2v) is 5.54. The van der Waals surface area contributed by atoms with Crippen LogP contribution >= 0.6 is 0 Å². The molecular weight excluding hydrogens is 342 g/mol. The number of rotatable bonds is 5. The number of nitrogens with one attached hydrogen (secondary N) is 2. The maximum Gasteiger partial charge on any atom is 0.255 e. The zero-order valence-electron chi connectivity index (χ0n) is 14.3. The number of nitrogens with zero attached hydrogens (tertiary/aromatic N) is 2. The van der Waals surface area contributed by atoms with Crippen molar-refractivity contribution in [3.05, 3.63) is 90.0 Å². The molecule has 0 bridgehead atoms. The minimum absolute atomic E-state index is 0.0935. The summed E-state index contributed by atoms with van der Waals surface area (Å²) in [4.78, 5) is 12.4. The summed E-state index contributed by atoms with van der Waals surface area (Å²) in [5.41, 5.74) is 8.67. The molecule has 0 saturated carbocycles. The van der Waals surface area contributed by atoms with Gasteiger partial charge in [0, 0.05) is 16.8 Å². The number of ether oxygens (including phenoxy) is 1. The summed E-state index contributed by atoms with van der Waals surface area (Å²) in [6.07, 6.45) is 0. The van der Waals surface area contributed by atoms with Crippen LogP contribution in [0.1, 0.15) is 15.9 Å². The van der Waals surface area contributed by atoms with Gasteiger partial charge in [0.15, 0.2) is 5.84 Å². The van der Waals surface area contributed by atoms with Crippen LogP contribution in [0.15, 0.2) is 89.1 Å². The Morgan fingerprint density at radius 1 is 0.852 bits per heavy atom. The lowest BCUT2D eigenvalue weighted by Crippen LogP contribution is -2.12. The van der Waals surface area contributed by atoms with Crippen LogP contribution in [-0.4, -0.2) is 11.7 Å². The molecule has 1 amide bonds. The number of benzene rings is 3. The van der Waals surface area contributed by atoms with Crippen LogP contribution in [0.3, 0.4) is 0 Å².